The quantitative estimate of drug-likeness (QED) is 0.680. The van der Waals surface area contributed by atoms with Crippen molar-refractivity contribution in [2.24, 2.45) is 0 Å². The zero-order valence-electron chi connectivity index (χ0n) is 12.3. The van der Waals surface area contributed by atoms with Crippen LogP contribution in [0.2, 0.25) is 0 Å². The average molecular weight is 290 g/mol. The third kappa shape index (κ3) is 1.88. The van der Waals surface area contributed by atoms with Crippen LogP contribution in [-0.4, -0.2) is 6.04 Å². The first kappa shape index (κ1) is 13.4. The second-order valence-corrected chi connectivity index (χ2v) is 6.62. The van der Waals surface area contributed by atoms with Gasteiger partial charge in [-0.1, -0.05) is 30.7 Å². The van der Waals surface area contributed by atoms with Crippen LogP contribution in [-0.2, 0) is 0 Å². The fourth-order valence-electron chi connectivity index (χ4n) is 2.55. The third-order valence-corrected chi connectivity index (χ3v) is 4.43. The summed E-state index contributed by atoms with van der Waals surface area (Å²) in [7, 11) is 0. The second kappa shape index (κ2) is 4.74. The van der Waals surface area contributed by atoms with Gasteiger partial charge in [-0.2, -0.15) is 0 Å². The van der Waals surface area contributed by atoms with E-state index < -0.39 is 0 Å². The molecule has 0 atom stereocenters. The molecule has 1 aliphatic rings. The number of fused-ring (bicyclic) bond motifs is 2. The zero-order chi connectivity index (χ0) is 14.4. The summed E-state index contributed by atoms with van der Waals surface area (Å²) in [4.78, 5) is 3.45. The third-order valence-electron chi connectivity index (χ3n) is 3.41. The molecule has 5 heteroatoms. The van der Waals surface area contributed by atoms with Crippen molar-refractivity contribution in [3.05, 3.63) is 30.2 Å². The summed E-state index contributed by atoms with van der Waals surface area (Å²) in [6.07, 6.45) is 0. The molecule has 20 heavy (non-hydrogen) atoms. The van der Waals surface area contributed by atoms with Gasteiger partial charge in [0.25, 0.3) is 11.0 Å². The minimum absolute atomic E-state index is 0.253. The van der Waals surface area contributed by atoms with Gasteiger partial charge in [0.05, 0.1) is 16.9 Å². The fourth-order valence-corrected chi connectivity index (χ4v) is 3.58. The summed E-state index contributed by atoms with van der Waals surface area (Å²) in [5, 5.41) is 0.878. The highest BCUT2D eigenvalue weighted by Gasteiger charge is 2.40. The Kier molecular flexibility index (Phi) is 3.17. The molecule has 2 aromatic rings. The molecule has 1 aromatic carbocycles. The molecular weight excluding hydrogens is 270 g/mol. The summed E-state index contributed by atoms with van der Waals surface area (Å²) in [5.41, 5.74) is 1.19. The summed E-state index contributed by atoms with van der Waals surface area (Å²) >= 11 is 1.65. The normalized spacial score (nSPS) is 13.8. The number of nitrogen functional groups attached to an aromatic ring is 1. The smallest absolute Gasteiger partial charge is 0.359 e. The number of oxazole rings is 1. The van der Waals surface area contributed by atoms with Gasteiger partial charge in [0.1, 0.15) is 5.69 Å². The Balaban J connectivity index is 2.22. The van der Waals surface area contributed by atoms with E-state index in [2.05, 4.69) is 56.9 Å². The highest BCUT2D eigenvalue weighted by atomic mass is 32.2. The molecule has 1 aromatic heterocycles. The maximum Gasteiger partial charge on any atom is 0.359 e. The van der Waals surface area contributed by atoms with E-state index in [0.29, 0.717) is 6.04 Å². The van der Waals surface area contributed by atoms with E-state index in [9.17, 15) is 0 Å². The Hall–Kier alpha value is -1.62. The van der Waals surface area contributed by atoms with Gasteiger partial charge in [0, 0.05) is 0 Å². The van der Waals surface area contributed by atoms with E-state index in [4.69, 9.17) is 10.3 Å². The van der Waals surface area contributed by atoms with Gasteiger partial charge in [-0.15, -0.1) is 0 Å². The zero-order valence-corrected chi connectivity index (χ0v) is 13.1. The maximum atomic E-state index is 6.28. The monoisotopic (exact) mass is 290 g/mol. The van der Waals surface area contributed by atoms with Crippen molar-refractivity contribution in [1.29, 1.82) is 0 Å². The SMILES string of the molecule is CC(C)c1oc2c([n+]1N)N(C(C)C)c1ccccc1S2. The van der Waals surface area contributed by atoms with E-state index in [1.165, 1.54) is 10.6 Å². The first-order valence-corrected chi connectivity index (χ1v) is 7.72. The molecular formula is C15H20N3OS+. The van der Waals surface area contributed by atoms with E-state index in [0.717, 1.165) is 16.8 Å². The van der Waals surface area contributed by atoms with Crippen LogP contribution in [0.3, 0.4) is 0 Å². The molecule has 2 N–H and O–H groups in total. The number of nitrogens with zero attached hydrogens (tertiary/aromatic N) is 2. The fraction of sp³-hybridized carbons (Fsp3) is 0.400. The molecule has 2 heterocycles. The summed E-state index contributed by atoms with van der Waals surface area (Å²) in [5.74, 6) is 8.29. The van der Waals surface area contributed by atoms with Gasteiger partial charge in [0.2, 0.25) is 0 Å². The van der Waals surface area contributed by atoms with Crippen molar-refractivity contribution in [3.63, 3.8) is 0 Å². The van der Waals surface area contributed by atoms with Crippen LogP contribution in [0.25, 0.3) is 0 Å². The molecule has 0 fully saturated rings. The first-order chi connectivity index (χ1) is 9.50. The molecule has 0 radical (unpaired) electrons. The first-order valence-electron chi connectivity index (χ1n) is 6.90. The number of para-hydroxylation sites is 1. The molecule has 0 amide bonds. The molecule has 0 spiro atoms. The van der Waals surface area contributed by atoms with E-state index in [-0.39, 0.29) is 5.92 Å². The lowest BCUT2D eigenvalue weighted by atomic mass is 10.2. The van der Waals surface area contributed by atoms with E-state index >= 15 is 0 Å². The second-order valence-electron chi connectivity index (χ2n) is 5.61. The van der Waals surface area contributed by atoms with Crippen LogP contribution >= 0.6 is 11.8 Å². The van der Waals surface area contributed by atoms with Gasteiger partial charge < -0.3 is 4.42 Å². The molecule has 0 aliphatic carbocycles. The highest BCUT2D eigenvalue weighted by Crippen LogP contribution is 2.48. The van der Waals surface area contributed by atoms with Gasteiger partial charge >= 0.3 is 5.82 Å². The van der Waals surface area contributed by atoms with Crippen molar-refractivity contribution in [3.8, 4) is 0 Å². The van der Waals surface area contributed by atoms with Crippen LogP contribution in [0.5, 0.6) is 0 Å². The standard InChI is InChI=1S/C15H20N3OS/c1-9(2)14-18(16)13-15(19-14)20-12-8-6-5-7-11(12)17(13)10(3)4/h5-10H,16H2,1-4H3/q+1. The number of anilines is 2. The van der Waals surface area contributed by atoms with Crippen LogP contribution in [0, 0.1) is 0 Å². The Morgan fingerprint density at radius 2 is 1.90 bits per heavy atom. The van der Waals surface area contributed by atoms with Crippen molar-refractivity contribution < 1.29 is 9.09 Å². The molecule has 0 saturated carbocycles. The highest BCUT2D eigenvalue weighted by molar-refractivity contribution is 7.99. The molecule has 106 valence electrons. The molecule has 1 aliphatic heterocycles. The van der Waals surface area contributed by atoms with Crippen LogP contribution in [0.15, 0.2) is 38.7 Å². The van der Waals surface area contributed by atoms with E-state index in [1.807, 2.05) is 0 Å². The largest absolute Gasteiger partial charge is 0.408 e. The number of hydrogen-bond acceptors (Lipinski definition) is 4. The number of rotatable bonds is 2. The number of benzene rings is 1. The summed E-state index contributed by atoms with van der Waals surface area (Å²) in [6, 6.07) is 8.68. The minimum Gasteiger partial charge on any atom is -0.408 e. The number of aromatic nitrogens is 1. The maximum absolute atomic E-state index is 6.28. The van der Waals surface area contributed by atoms with Crippen LogP contribution in [0.4, 0.5) is 11.5 Å². The predicted octanol–water partition coefficient (Wildman–Crippen LogP) is 3.42. The molecule has 0 unspecified atom stereocenters. The van der Waals surface area contributed by atoms with Gasteiger partial charge in [-0.25, -0.2) is 4.90 Å². The van der Waals surface area contributed by atoms with Crippen molar-refractivity contribution in [1.82, 2.24) is 0 Å². The Morgan fingerprint density at radius 1 is 1.20 bits per heavy atom. The van der Waals surface area contributed by atoms with Crippen molar-refractivity contribution >= 4 is 23.3 Å². The Labute approximate surface area is 123 Å². The lowest BCUT2D eigenvalue weighted by molar-refractivity contribution is -0.640. The average Bonchev–Trinajstić information content (AvgIpc) is 2.73. The van der Waals surface area contributed by atoms with Crippen molar-refractivity contribution in [2.45, 2.75) is 49.6 Å². The molecule has 4 nitrogen and oxygen atoms in total. The predicted molar refractivity (Wildman–Crippen MR) is 81.0 cm³/mol. The lowest BCUT2D eigenvalue weighted by Crippen LogP contribution is -2.52. The molecule has 3 rings (SSSR count). The topological polar surface area (TPSA) is 46.3 Å². The number of nitrogens with two attached hydrogens (primary N) is 1. The Morgan fingerprint density at radius 3 is 2.55 bits per heavy atom. The van der Waals surface area contributed by atoms with Crippen LogP contribution in [0.1, 0.15) is 39.5 Å². The summed E-state index contributed by atoms with van der Waals surface area (Å²) in [6.45, 7) is 8.51. The molecule has 0 bridgehead atoms. The van der Waals surface area contributed by atoms with Gasteiger partial charge in [-0.3, -0.25) is 5.84 Å². The van der Waals surface area contributed by atoms with Crippen molar-refractivity contribution in [2.75, 3.05) is 10.7 Å². The lowest BCUT2D eigenvalue weighted by Gasteiger charge is -2.25. The van der Waals surface area contributed by atoms with Crippen LogP contribution < -0.4 is 15.4 Å². The van der Waals surface area contributed by atoms with Gasteiger partial charge in [-0.05, 0) is 37.7 Å². The van der Waals surface area contributed by atoms with Gasteiger partial charge in [0.15, 0.2) is 0 Å². The van der Waals surface area contributed by atoms with E-state index in [1.54, 1.807) is 16.4 Å². The Bertz CT molecular complexity index is 649. The summed E-state index contributed by atoms with van der Waals surface area (Å²) < 4.78 is 7.69. The number of hydrogen-bond donors (Lipinski definition) is 1. The molecule has 0 saturated heterocycles. The minimum atomic E-state index is 0.253.